The third-order valence-electron chi connectivity index (χ3n) is 4.27. The van der Waals surface area contributed by atoms with E-state index >= 15 is 0 Å². The molecule has 2 N–H and O–H groups in total. The highest BCUT2D eigenvalue weighted by atomic mass is 16.6. The maximum absolute atomic E-state index is 12.1. The van der Waals surface area contributed by atoms with Gasteiger partial charge >= 0.3 is 5.97 Å². The first kappa shape index (κ1) is 20.2. The van der Waals surface area contributed by atoms with Crippen molar-refractivity contribution in [1.82, 2.24) is 10.9 Å². The molecule has 1 aliphatic rings. The van der Waals surface area contributed by atoms with Gasteiger partial charge in [-0.1, -0.05) is 38.1 Å². The molecule has 152 valence electrons. The van der Waals surface area contributed by atoms with E-state index < -0.39 is 30.5 Å². The van der Waals surface area contributed by atoms with Crippen LogP contribution in [0.15, 0.2) is 48.5 Å². The first-order valence-electron chi connectivity index (χ1n) is 9.18. The Bertz CT molecular complexity index is 894. The number of benzene rings is 2. The summed E-state index contributed by atoms with van der Waals surface area (Å²) in [5, 5.41) is 0. The fraction of sp³-hybridized carbons (Fsp3) is 0.286. The molecule has 1 aliphatic heterocycles. The van der Waals surface area contributed by atoms with Crippen molar-refractivity contribution in [1.29, 1.82) is 0 Å². The standard InChI is InChI=1S/C21H22N2O6/c1-13(2)14-7-9-15(10-8-14)21(26)28-12-19(24)22-23-20(25)18-11-27-16-5-3-4-6-17(16)29-18/h3-10,13,18H,11-12H2,1-2H3,(H,22,24)(H,23,25)/t18-/m1/s1. The number of hydrogen-bond acceptors (Lipinski definition) is 6. The van der Waals surface area contributed by atoms with Crippen LogP contribution in [0.1, 0.15) is 35.7 Å². The van der Waals surface area contributed by atoms with Gasteiger partial charge < -0.3 is 14.2 Å². The number of nitrogens with one attached hydrogen (secondary N) is 2. The van der Waals surface area contributed by atoms with Crippen molar-refractivity contribution in [3.8, 4) is 11.5 Å². The van der Waals surface area contributed by atoms with Gasteiger partial charge in [-0.3, -0.25) is 20.4 Å². The van der Waals surface area contributed by atoms with Crippen LogP contribution in [0.25, 0.3) is 0 Å². The van der Waals surface area contributed by atoms with Crippen molar-refractivity contribution in [2.24, 2.45) is 0 Å². The van der Waals surface area contributed by atoms with Crippen molar-refractivity contribution >= 4 is 17.8 Å². The number of ether oxygens (including phenoxy) is 3. The molecule has 8 heteroatoms. The molecule has 0 saturated heterocycles. The Morgan fingerprint density at radius 2 is 1.72 bits per heavy atom. The minimum absolute atomic E-state index is 0.0140. The number of hydrazine groups is 1. The van der Waals surface area contributed by atoms with Gasteiger partial charge in [-0.05, 0) is 35.7 Å². The molecule has 0 unspecified atom stereocenters. The molecule has 0 aliphatic carbocycles. The molecule has 2 aromatic carbocycles. The second-order valence-corrected chi connectivity index (χ2v) is 6.75. The molecule has 0 bridgehead atoms. The first-order chi connectivity index (χ1) is 13.9. The minimum atomic E-state index is -0.910. The molecule has 8 nitrogen and oxygen atoms in total. The van der Waals surface area contributed by atoms with E-state index in [1.807, 2.05) is 12.1 Å². The average Bonchev–Trinajstić information content (AvgIpc) is 2.75. The van der Waals surface area contributed by atoms with Crippen LogP contribution in [0.2, 0.25) is 0 Å². The lowest BCUT2D eigenvalue weighted by atomic mass is 10.0. The van der Waals surface area contributed by atoms with Crippen molar-refractivity contribution < 1.29 is 28.6 Å². The quantitative estimate of drug-likeness (QED) is 0.590. The zero-order valence-corrected chi connectivity index (χ0v) is 16.1. The van der Waals surface area contributed by atoms with E-state index in [-0.39, 0.29) is 6.61 Å². The third kappa shape index (κ3) is 5.25. The van der Waals surface area contributed by atoms with Gasteiger partial charge in [-0.25, -0.2) is 4.79 Å². The maximum Gasteiger partial charge on any atom is 0.338 e. The fourth-order valence-corrected chi connectivity index (χ4v) is 2.62. The lowest BCUT2D eigenvalue weighted by Gasteiger charge is -2.25. The third-order valence-corrected chi connectivity index (χ3v) is 4.27. The van der Waals surface area contributed by atoms with Crippen molar-refractivity contribution in [3.05, 3.63) is 59.7 Å². The van der Waals surface area contributed by atoms with Gasteiger partial charge in [0.1, 0.15) is 6.61 Å². The van der Waals surface area contributed by atoms with Crippen molar-refractivity contribution in [3.63, 3.8) is 0 Å². The molecule has 0 spiro atoms. The van der Waals surface area contributed by atoms with Crippen LogP contribution < -0.4 is 20.3 Å². The van der Waals surface area contributed by atoms with Crippen LogP contribution in [-0.4, -0.2) is 37.1 Å². The van der Waals surface area contributed by atoms with E-state index in [1.165, 1.54) is 0 Å². The number of hydrogen-bond donors (Lipinski definition) is 2. The van der Waals surface area contributed by atoms with E-state index in [2.05, 4.69) is 24.7 Å². The number of fused-ring (bicyclic) bond motifs is 1. The molecule has 0 aromatic heterocycles. The van der Waals surface area contributed by atoms with Gasteiger partial charge in [0, 0.05) is 0 Å². The lowest BCUT2D eigenvalue weighted by molar-refractivity contribution is -0.135. The molecule has 3 rings (SSSR count). The van der Waals surface area contributed by atoms with Crippen molar-refractivity contribution in [2.75, 3.05) is 13.2 Å². The van der Waals surface area contributed by atoms with Crippen LogP contribution in [-0.2, 0) is 14.3 Å². The molecule has 1 atom stereocenters. The number of esters is 1. The summed E-state index contributed by atoms with van der Waals surface area (Å²) in [4.78, 5) is 36.0. The van der Waals surface area contributed by atoms with Gasteiger partial charge in [0.2, 0.25) is 6.10 Å². The highest BCUT2D eigenvalue weighted by molar-refractivity contribution is 5.92. The molecular formula is C21H22N2O6. The second-order valence-electron chi connectivity index (χ2n) is 6.75. The van der Waals surface area contributed by atoms with Crippen LogP contribution in [0.3, 0.4) is 0 Å². The van der Waals surface area contributed by atoms with Crippen molar-refractivity contribution in [2.45, 2.75) is 25.9 Å². The Balaban J connectivity index is 1.42. The maximum atomic E-state index is 12.1. The van der Waals surface area contributed by atoms with E-state index in [1.54, 1.807) is 36.4 Å². The summed E-state index contributed by atoms with van der Waals surface area (Å²) < 4.78 is 15.9. The summed E-state index contributed by atoms with van der Waals surface area (Å²) in [6, 6.07) is 13.9. The Hall–Kier alpha value is -3.55. The van der Waals surface area contributed by atoms with E-state index in [4.69, 9.17) is 14.2 Å². The normalized spacial score (nSPS) is 14.8. The van der Waals surface area contributed by atoms with Crippen LogP contribution in [0.5, 0.6) is 11.5 Å². The topological polar surface area (TPSA) is 103 Å². The summed E-state index contributed by atoms with van der Waals surface area (Å²) >= 11 is 0. The van der Waals surface area contributed by atoms with Gasteiger partial charge in [-0.15, -0.1) is 0 Å². The lowest BCUT2D eigenvalue weighted by Crippen LogP contribution is -2.51. The molecular weight excluding hydrogens is 376 g/mol. The summed E-state index contributed by atoms with van der Waals surface area (Å²) in [6.07, 6.45) is -0.910. The van der Waals surface area contributed by atoms with Crippen LogP contribution >= 0.6 is 0 Å². The summed E-state index contributed by atoms with van der Waals surface area (Å²) in [5.74, 6) is -0.536. The van der Waals surface area contributed by atoms with Gasteiger partial charge in [-0.2, -0.15) is 0 Å². The van der Waals surface area contributed by atoms with Crippen LogP contribution in [0, 0.1) is 0 Å². The van der Waals surface area contributed by atoms with Gasteiger partial charge in [0.15, 0.2) is 18.1 Å². The number of rotatable bonds is 5. The fourth-order valence-electron chi connectivity index (χ4n) is 2.62. The largest absolute Gasteiger partial charge is 0.485 e. The highest BCUT2D eigenvalue weighted by Gasteiger charge is 2.27. The number of carbonyl (C=O) groups excluding carboxylic acids is 3. The molecule has 0 saturated carbocycles. The van der Waals surface area contributed by atoms with Crippen LogP contribution in [0.4, 0.5) is 0 Å². The Labute approximate surface area is 168 Å². The number of carbonyl (C=O) groups is 3. The molecule has 0 fully saturated rings. The predicted molar refractivity (Wildman–Crippen MR) is 103 cm³/mol. The SMILES string of the molecule is CC(C)c1ccc(C(=O)OCC(=O)NNC(=O)[C@H]2COc3ccccc3O2)cc1. The van der Waals surface area contributed by atoms with E-state index in [9.17, 15) is 14.4 Å². The summed E-state index contributed by atoms with van der Waals surface area (Å²) in [5.41, 5.74) is 5.86. The zero-order chi connectivity index (χ0) is 20.8. The summed E-state index contributed by atoms with van der Waals surface area (Å²) in [7, 11) is 0. The molecule has 29 heavy (non-hydrogen) atoms. The Morgan fingerprint density at radius 3 is 2.41 bits per heavy atom. The Kier molecular flexibility index (Phi) is 6.33. The molecule has 2 aromatic rings. The first-order valence-corrected chi connectivity index (χ1v) is 9.18. The molecule has 0 radical (unpaired) electrons. The number of amides is 2. The average molecular weight is 398 g/mol. The second kappa shape index (κ2) is 9.09. The van der Waals surface area contributed by atoms with E-state index in [0.717, 1.165) is 5.56 Å². The molecule has 2 amide bonds. The Morgan fingerprint density at radius 1 is 1.03 bits per heavy atom. The zero-order valence-electron chi connectivity index (χ0n) is 16.1. The highest BCUT2D eigenvalue weighted by Crippen LogP contribution is 2.30. The monoisotopic (exact) mass is 398 g/mol. The van der Waals surface area contributed by atoms with Gasteiger partial charge in [0.05, 0.1) is 5.56 Å². The summed E-state index contributed by atoms with van der Waals surface area (Å²) in [6.45, 7) is 3.58. The number of para-hydroxylation sites is 2. The molecule has 1 heterocycles. The predicted octanol–water partition coefficient (Wildman–Crippen LogP) is 1.95. The minimum Gasteiger partial charge on any atom is -0.485 e. The smallest absolute Gasteiger partial charge is 0.338 e. The van der Waals surface area contributed by atoms with E-state index in [0.29, 0.717) is 23.0 Å². The van der Waals surface area contributed by atoms with Gasteiger partial charge in [0.25, 0.3) is 11.8 Å².